The summed E-state index contributed by atoms with van der Waals surface area (Å²) in [5.74, 6) is 0.865. The fourth-order valence-corrected chi connectivity index (χ4v) is 10.1. The first kappa shape index (κ1) is 32.3. The second-order valence-corrected chi connectivity index (χ2v) is 15.8. The number of nitrogens with one attached hydrogen (secondary N) is 2. The van der Waals surface area contributed by atoms with Gasteiger partial charge in [0.15, 0.2) is 0 Å². The van der Waals surface area contributed by atoms with Crippen molar-refractivity contribution in [2.24, 2.45) is 4.99 Å². The maximum atomic E-state index is 6.57. The molecule has 0 radical (unpaired) electrons. The van der Waals surface area contributed by atoms with Crippen molar-refractivity contribution in [3.8, 4) is 16.8 Å². The monoisotopic (exact) mass is 750 g/mol. The molecule has 3 aromatic heterocycles. The highest BCUT2D eigenvalue weighted by atomic mass is 32.1. The number of furan rings is 1. The minimum Gasteiger partial charge on any atom is -0.456 e. The van der Waals surface area contributed by atoms with Crippen LogP contribution in [0, 0.1) is 0 Å². The van der Waals surface area contributed by atoms with Crippen LogP contribution >= 0.6 is 11.3 Å². The number of fused-ring (bicyclic) bond motifs is 9. The number of aliphatic imine (C=N–C) groups is 1. The molecule has 57 heavy (non-hydrogen) atoms. The summed E-state index contributed by atoms with van der Waals surface area (Å²) in [5, 5.41) is 14.7. The van der Waals surface area contributed by atoms with Gasteiger partial charge in [-0.2, -0.15) is 0 Å². The van der Waals surface area contributed by atoms with Gasteiger partial charge in [-0.3, -0.25) is 5.32 Å². The van der Waals surface area contributed by atoms with Gasteiger partial charge in [0.05, 0.1) is 11.0 Å². The molecule has 0 fully saturated rings. The second kappa shape index (κ2) is 12.8. The highest BCUT2D eigenvalue weighted by Crippen LogP contribution is 2.45. The van der Waals surface area contributed by atoms with E-state index in [9.17, 15) is 0 Å². The smallest absolute Gasteiger partial charge is 0.136 e. The molecule has 0 saturated carbocycles. The third-order valence-electron chi connectivity index (χ3n) is 11.5. The van der Waals surface area contributed by atoms with E-state index in [-0.39, 0.29) is 12.3 Å². The molecule has 4 heterocycles. The van der Waals surface area contributed by atoms with E-state index < -0.39 is 0 Å². The summed E-state index contributed by atoms with van der Waals surface area (Å²) < 4.78 is 11.5. The number of nitrogens with zero attached hydrogens (tertiary/aromatic N) is 2. The van der Waals surface area contributed by atoms with Crippen LogP contribution in [0.15, 0.2) is 191 Å². The van der Waals surface area contributed by atoms with Crippen LogP contribution in [-0.2, 0) is 0 Å². The molecule has 0 bridgehead atoms. The summed E-state index contributed by atoms with van der Waals surface area (Å²) >= 11 is 1.87. The molecule has 8 aromatic carbocycles. The van der Waals surface area contributed by atoms with Crippen LogP contribution in [0.1, 0.15) is 29.0 Å². The lowest BCUT2D eigenvalue weighted by Gasteiger charge is -2.32. The van der Waals surface area contributed by atoms with Gasteiger partial charge in [-0.1, -0.05) is 140 Å². The lowest BCUT2D eigenvalue weighted by Crippen LogP contribution is -2.44. The van der Waals surface area contributed by atoms with Crippen molar-refractivity contribution in [2.75, 3.05) is 0 Å². The van der Waals surface area contributed by atoms with Gasteiger partial charge in [0.1, 0.15) is 29.3 Å². The summed E-state index contributed by atoms with van der Waals surface area (Å²) in [6.45, 7) is 0. The molecule has 0 aliphatic carbocycles. The van der Waals surface area contributed by atoms with Gasteiger partial charge < -0.3 is 14.3 Å². The highest BCUT2D eigenvalue weighted by molar-refractivity contribution is 7.26. The van der Waals surface area contributed by atoms with E-state index in [0.29, 0.717) is 0 Å². The number of benzene rings is 8. The van der Waals surface area contributed by atoms with E-state index in [1.54, 1.807) is 0 Å². The Kier molecular flexibility index (Phi) is 7.24. The Morgan fingerprint density at radius 2 is 1.23 bits per heavy atom. The van der Waals surface area contributed by atoms with Gasteiger partial charge in [0.25, 0.3) is 0 Å². The molecule has 0 spiro atoms. The molecule has 11 aromatic rings. The first-order chi connectivity index (χ1) is 28.2. The van der Waals surface area contributed by atoms with E-state index in [2.05, 4.69) is 191 Å². The highest BCUT2D eigenvalue weighted by Gasteiger charge is 2.26. The molecule has 1 aliphatic rings. The zero-order valence-electron chi connectivity index (χ0n) is 30.7. The fourth-order valence-electron chi connectivity index (χ4n) is 8.87. The molecule has 5 nitrogen and oxygen atoms in total. The Morgan fingerprint density at radius 1 is 0.526 bits per heavy atom. The first-order valence-corrected chi connectivity index (χ1v) is 20.2. The molecule has 0 saturated heterocycles. The Labute approximate surface area is 332 Å². The number of amidine groups is 1. The van der Waals surface area contributed by atoms with Crippen molar-refractivity contribution >= 4 is 81.1 Å². The Morgan fingerprint density at radius 3 is 2.04 bits per heavy atom. The number of thiophene rings is 1. The molecule has 6 heteroatoms. The average Bonchev–Trinajstić information content (AvgIpc) is 3.96. The van der Waals surface area contributed by atoms with E-state index >= 15 is 0 Å². The predicted molar refractivity (Wildman–Crippen MR) is 238 cm³/mol. The van der Waals surface area contributed by atoms with E-state index in [4.69, 9.17) is 9.41 Å². The van der Waals surface area contributed by atoms with Crippen molar-refractivity contribution < 1.29 is 4.42 Å². The average molecular weight is 751 g/mol. The molecule has 12 rings (SSSR count). The van der Waals surface area contributed by atoms with Crippen LogP contribution in [0.4, 0.5) is 0 Å². The molecular formula is C51H34N4OS. The molecular weight excluding hydrogens is 717 g/mol. The maximum Gasteiger partial charge on any atom is 0.136 e. The van der Waals surface area contributed by atoms with Gasteiger partial charge in [-0.05, 0) is 59.2 Å². The number of hydrogen-bond acceptors (Lipinski definition) is 5. The van der Waals surface area contributed by atoms with Gasteiger partial charge in [-0.25, -0.2) is 4.99 Å². The van der Waals surface area contributed by atoms with E-state index in [1.807, 2.05) is 17.4 Å². The summed E-state index contributed by atoms with van der Waals surface area (Å²) in [5.41, 5.74) is 11.0. The summed E-state index contributed by atoms with van der Waals surface area (Å²) in [7, 11) is 0. The number of aromatic nitrogens is 1. The first-order valence-electron chi connectivity index (χ1n) is 19.4. The third kappa shape index (κ3) is 5.15. The molecule has 2 atom stereocenters. The number of rotatable bonds is 5. The Balaban J connectivity index is 1.00. The lowest BCUT2D eigenvalue weighted by molar-refractivity contribution is 0.409. The quantitative estimate of drug-likeness (QED) is 0.184. The zero-order chi connectivity index (χ0) is 37.5. The molecule has 1 aliphatic heterocycles. The molecule has 2 N–H and O–H groups in total. The largest absolute Gasteiger partial charge is 0.456 e. The van der Waals surface area contributed by atoms with Gasteiger partial charge in [0, 0.05) is 58.5 Å². The molecule has 270 valence electrons. The number of para-hydroxylation sites is 2. The van der Waals surface area contributed by atoms with Crippen LogP contribution in [0.3, 0.4) is 0 Å². The number of hydrogen-bond donors (Lipinski definition) is 2. The standard InChI is InChI=1S/C51H34N4OS/c1-3-13-31(14-4-1)49-52-50(32-15-5-2-6-16-32)54-51(53-49)33-25-28-44-41(29-33)47-38(19-12-24-45(47)56-44)40-21-11-20-39-37-27-26-34(30-46(37)57-48(39)40)55-42-22-9-7-17-35(42)36-18-8-10-23-43(36)55/h1-30,49,51,53H,(H,52,54). The Hall–Kier alpha value is -6.99. The van der Waals surface area contributed by atoms with E-state index in [0.717, 1.165) is 50.0 Å². The van der Waals surface area contributed by atoms with Crippen LogP contribution in [0.25, 0.3) is 80.7 Å². The van der Waals surface area contributed by atoms with Crippen LogP contribution in [0.2, 0.25) is 0 Å². The minimum absolute atomic E-state index is 0.114. The third-order valence-corrected chi connectivity index (χ3v) is 12.7. The Bertz CT molecular complexity index is 3320. The van der Waals surface area contributed by atoms with Gasteiger partial charge >= 0.3 is 0 Å². The predicted octanol–water partition coefficient (Wildman–Crippen LogP) is 13.1. The van der Waals surface area contributed by atoms with Gasteiger partial charge in [-0.15, -0.1) is 11.3 Å². The summed E-state index contributed by atoms with van der Waals surface area (Å²) in [4.78, 5) is 5.24. The molecule has 0 amide bonds. The summed E-state index contributed by atoms with van der Waals surface area (Å²) in [6.07, 6.45) is -0.389. The molecule has 2 unspecified atom stereocenters. The van der Waals surface area contributed by atoms with E-state index in [1.165, 1.54) is 53.2 Å². The van der Waals surface area contributed by atoms with Crippen molar-refractivity contribution in [3.63, 3.8) is 0 Å². The van der Waals surface area contributed by atoms with Crippen LogP contribution in [-0.4, -0.2) is 10.4 Å². The normalized spacial score (nSPS) is 15.9. The minimum atomic E-state index is -0.275. The maximum absolute atomic E-state index is 6.57. The second-order valence-electron chi connectivity index (χ2n) is 14.8. The SMILES string of the molecule is c1ccc(C2=NC(c3ccc4oc5cccc(-c6cccc7c6sc6cc(-n8c9ccccc9c9ccccc98)ccc67)c5c4c3)NC(c3ccccc3)N2)cc1. The van der Waals surface area contributed by atoms with Crippen molar-refractivity contribution in [1.82, 2.24) is 15.2 Å². The van der Waals surface area contributed by atoms with Crippen molar-refractivity contribution in [3.05, 3.63) is 199 Å². The van der Waals surface area contributed by atoms with Crippen molar-refractivity contribution in [2.45, 2.75) is 12.3 Å². The van der Waals surface area contributed by atoms with Crippen LogP contribution in [0.5, 0.6) is 0 Å². The fraction of sp³-hybridized carbons (Fsp3) is 0.0392. The lowest BCUT2D eigenvalue weighted by atomic mass is 9.97. The zero-order valence-corrected chi connectivity index (χ0v) is 31.5. The summed E-state index contributed by atoms with van der Waals surface area (Å²) in [6, 6.07) is 64.9. The van der Waals surface area contributed by atoms with Crippen LogP contribution < -0.4 is 10.6 Å². The van der Waals surface area contributed by atoms with Crippen molar-refractivity contribution in [1.29, 1.82) is 0 Å². The topological polar surface area (TPSA) is 54.5 Å². The van der Waals surface area contributed by atoms with Gasteiger partial charge in [0.2, 0.25) is 0 Å².